The number of rotatable bonds is 5. The lowest BCUT2D eigenvalue weighted by Crippen LogP contribution is -2.14. The van der Waals surface area contributed by atoms with Crippen molar-refractivity contribution in [2.45, 2.75) is 58.6 Å². The number of aromatic nitrogens is 5. The second-order valence-electron chi connectivity index (χ2n) is 8.14. The third-order valence-corrected chi connectivity index (χ3v) is 6.57. The number of hydrogen-bond acceptors (Lipinski definition) is 5. The first-order valence-corrected chi connectivity index (χ1v) is 11.1. The smallest absolute Gasteiger partial charge is 0.192 e. The van der Waals surface area contributed by atoms with Gasteiger partial charge in [-0.2, -0.15) is 0 Å². The first-order chi connectivity index (χ1) is 15.1. The van der Waals surface area contributed by atoms with Crippen molar-refractivity contribution in [1.29, 1.82) is 0 Å². The van der Waals surface area contributed by atoms with E-state index in [1.165, 1.54) is 43.4 Å². The van der Waals surface area contributed by atoms with Crippen LogP contribution in [0.1, 0.15) is 60.8 Å². The minimum atomic E-state index is 0.172. The maximum absolute atomic E-state index is 6.13. The van der Waals surface area contributed by atoms with Crippen molar-refractivity contribution in [2.75, 3.05) is 0 Å². The predicted octanol–water partition coefficient (Wildman–Crippen LogP) is 5.41. The summed E-state index contributed by atoms with van der Waals surface area (Å²) in [5, 5.41) is 10.2. The molecule has 3 aromatic heterocycles. The fourth-order valence-electron chi connectivity index (χ4n) is 4.55. The van der Waals surface area contributed by atoms with Crippen LogP contribution in [0.2, 0.25) is 5.02 Å². The van der Waals surface area contributed by atoms with Crippen LogP contribution in [0.3, 0.4) is 0 Å². The van der Waals surface area contributed by atoms with Crippen LogP contribution in [0.25, 0.3) is 16.7 Å². The first kappa shape index (κ1) is 20.0. The SMILES string of the molecule is Cc1c(C)n(C2CCCCC2)c2ncn3nc(CO/N=C\c4ccccc4Cl)nc3c12. The van der Waals surface area contributed by atoms with Crippen molar-refractivity contribution < 1.29 is 4.84 Å². The van der Waals surface area contributed by atoms with E-state index in [-0.39, 0.29) is 6.61 Å². The molecule has 0 spiro atoms. The zero-order valence-electron chi connectivity index (χ0n) is 17.8. The van der Waals surface area contributed by atoms with Crippen molar-refractivity contribution in [3.8, 4) is 0 Å². The second kappa shape index (κ2) is 8.30. The van der Waals surface area contributed by atoms with E-state index < -0.39 is 0 Å². The molecule has 1 aromatic carbocycles. The molecule has 8 heteroatoms. The van der Waals surface area contributed by atoms with Crippen LogP contribution >= 0.6 is 11.6 Å². The number of benzene rings is 1. The molecule has 1 saturated carbocycles. The Hall–Kier alpha value is -2.93. The largest absolute Gasteiger partial charge is 0.387 e. The molecule has 7 nitrogen and oxygen atoms in total. The third kappa shape index (κ3) is 3.67. The lowest BCUT2D eigenvalue weighted by molar-refractivity contribution is 0.126. The van der Waals surface area contributed by atoms with Gasteiger partial charge in [-0.1, -0.05) is 54.2 Å². The molecule has 0 radical (unpaired) electrons. The Morgan fingerprint density at radius 3 is 2.77 bits per heavy atom. The molecular formula is C23H25ClN6O. The monoisotopic (exact) mass is 436 g/mol. The lowest BCUT2D eigenvalue weighted by atomic mass is 9.95. The Kier molecular flexibility index (Phi) is 5.36. The molecule has 0 N–H and O–H groups in total. The van der Waals surface area contributed by atoms with E-state index in [1.807, 2.05) is 24.3 Å². The van der Waals surface area contributed by atoms with E-state index in [1.54, 1.807) is 17.1 Å². The average Bonchev–Trinajstić information content (AvgIpc) is 3.31. The van der Waals surface area contributed by atoms with Gasteiger partial charge in [-0.25, -0.2) is 14.5 Å². The number of hydrogen-bond donors (Lipinski definition) is 0. The Bertz CT molecular complexity index is 1270. The van der Waals surface area contributed by atoms with Crippen molar-refractivity contribution in [3.63, 3.8) is 0 Å². The highest BCUT2D eigenvalue weighted by Gasteiger charge is 2.24. The number of aryl methyl sites for hydroxylation is 1. The van der Waals surface area contributed by atoms with Gasteiger partial charge in [0.15, 0.2) is 18.1 Å². The molecule has 0 unspecified atom stereocenters. The van der Waals surface area contributed by atoms with Crippen molar-refractivity contribution >= 4 is 34.5 Å². The molecule has 4 aromatic rings. The van der Waals surface area contributed by atoms with Crippen molar-refractivity contribution in [2.24, 2.45) is 5.16 Å². The fraction of sp³-hybridized carbons (Fsp3) is 0.391. The van der Waals surface area contributed by atoms with E-state index in [4.69, 9.17) is 26.4 Å². The van der Waals surface area contributed by atoms with Crippen LogP contribution in [-0.4, -0.2) is 30.4 Å². The highest BCUT2D eigenvalue weighted by Crippen LogP contribution is 2.35. The van der Waals surface area contributed by atoms with Crippen molar-refractivity contribution in [3.05, 3.63) is 58.3 Å². The number of oxime groups is 1. The van der Waals surface area contributed by atoms with E-state index in [9.17, 15) is 0 Å². The summed E-state index contributed by atoms with van der Waals surface area (Å²) in [6.45, 7) is 4.51. The minimum absolute atomic E-state index is 0.172. The highest BCUT2D eigenvalue weighted by atomic mass is 35.5. The summed E-state index contributed by atoms with van der Waals surface area (Å²) in [7, 11) is 0. The Morgan fingerprint density at radius 2 is 1.97 bits per heavy atom. The van der Waals surface area contributed by atoms with Gasteiger partial charge in [0.1, 0.15) is 12.0 Å². The molecule has 160 valence electrons. The molecule has 0 bridgehead atoms. The Labute approximate surface area is 185 Å². The summed E-state index contributed by atoms with van der Waals surface area (Å²) in [5.74, 6) is 0.563. The molecule has 3 heterocycles. The highest BCUT2D eigenvalue weighted by molar-refractivity contribution is 6.33. The summed E-state index contributed by atoms with van der Waals surface area (Å²) in [6, 6.07) is 7.99. The van der Waals surface area contributed by atoms with Gasteiger partial charge >= 0.3 is 0 Å². The molecule has 1 fully saturated rings. The maximum Gasteiger partial charge on any atom is 0.192 e. The van der Waals surface area contributed by atoms with Gasteiger partial charge in [0.2, 0.25) is 0 Å². The summed E-state index contributed by atoms with van der Waals surface area (Å²) in [4.78, 5) is 14.9. The Balaban J connectivity index is 1.43. The molecule has 0 amide bonds. The van der Waals surface area contributed by atoms with Gasteiger partial charge in [0, 0.05) is 22.3 Å². The van der Waals surface area contributed by atoms with E-state index in [0.717, 1.165) is 22.2 Å². The van der Waals surface area contributed by atoms with Gasteiger partial charge in [-0.05, 0) is 38.3 Å². The van der Waals surface area contributed by atoms with Gasteiger partial charge in [-0.3, -0.25) is 0 Å². The van der Waals surface area contributed by atoms with Gasteiger partial charge in [0.05, 0.1) is 11.6 Å². The van der Waals surface area contributed by atoms with Crippen LogP contribution in [0.4, 0.5) is 0 Å². The van der Waals surface area contributed by atoms with Gasteiger partial charge in [0.25, 0.3) is 0 Å². The van der Waals surface area contributed by atoms with Gasteiger partial charge in [-0.15, -0.1) is 5.10 Å². The molecule has 31 heavy (non-hydrogen) atoms. The van der Waals surface area contributed by atoms with Crippen LogP contribution in [0, 0.1) is 13.8 Å². The zero-order chi connectivity index (χ0) is 21.4. The number of halogens is 1. The molecule has 0 saturated heterocycles. The zero-order valence-corrected chi connectivity index (χ0v) is 18.5. The van der Waals surface area contributed by atoms with Gasteiger partial charge < -0.3 is 9.40 Å². The van der Waals surface area contributed by atoms with Crippen LogP contribution in [0.5, 0.6) is 0 Å². The quantitative estimate of drug-likeness (QED) is 0.310. The van der Waals surface area contributed by atoms with E-state index in [2.05, 4.69) is 28.7 Å². The summed E-state index contributed by atoms with van der Waals surface area (Å²) < 4.78 is 4.15. The fourth-order valence-corrected chi connectivity index (χ4v) is 4.73. The molecule has 1 aliphatic rings. The predicted molar refractivity (Wildman–Crippen MR) is 122 cm³/mol. The normalized spacial score (nSPS) is 15.5. The third-order valence-electron chi connectivity index (χ3n) is 6.22. The summed E-state index contributed by atoms with van der Waals surface area (Å²) >= 11 is 6.13. The topological polar surface area (TPSA) is 69.6 Å². The molecule has 0 atom stereocenters. The Morgan fingerprint density at radius 1 is 1.16 bits per heavy atom. The standard InChI is InChI=1S/C23H25ClN6O/c1-15-16(2)30(18-9-4-3-5-10-18)22-21(15)23-27-20(28-29(23)14-25-22)13-31-26-12-17-8-6-7-11-19(17)24/h6-8,11-12,14,18H,3-5,9-10,13H2,1-2H3/b26-12-. The average molecular weight is 437 g/mol. The van der Waals surface area contributed by atoms with Crippen LogP contribution in [0.15, 0.2) is 35.7 Å². The summed E-state index contributed by atoms with van der Waals surface area (Å²) in [6.07, 6.45) is 9.67. The molecule has 1 aliphatic carbocycles. The van der Waals surface area contributed by atoms with Crippen LogP contribution < -0.4 is 0 Å². The number of fused-ring (bicyclic) bond motifs is 3. The minimum Gasteiger partial charge on any atom is -0.387 e. The second-order valence-corrected chi connectivity index (χ2v) is 8.55. The summed E-state index contributed by atoms with van der Waals surface area (Å²) in [5.41, 5.74) is 5.11. The molecule has 0 aliphatic heterocycles. The first-order valence-electron chi connectivity index (χ1n) is 10.7. The molecular weight excluding hydrogens is 412 g/mol. The van der Waals surface area contributed by atoms with Crippen molar-refractivity contribution in [1.82, 2.24) is 24.1 Å². The van der Waals surface area contributed by atoms with E-state index >= 15 is 0 Å². The lowest BCUT2D eigenvalue weighted by Gasteiger charge is -2.25. The van der Waals surface area contributed by atoms with Crippen LogP contribution in [-0.2, 0) is 11.4 Å². The molecule has 5 rings (SSSR count). The maximum atomic E-state index is 6.13. The number of nitrogens with zero attached hydrogens (tertiary/aromatic N) is 6. The van der Waals surface area contributed by atoms with E-state index in [0.29, 0.717) is 16.9 Å².